The van der Waals surface area contributed by atoms with Gasteiger partial charge in [-0.3, -0.25) is 14.5 Å². The molecule has 0 saturated heterocycles. The molecule has 144 valence electrons. The van der Waals surface area contributed by atoms with Gasteiger partial charge in [-0.2, -0.15) is 5.10 Å². The highest BCUT2D eigenvalue weighted by molar-refractivity contribution is 6.11. The lowest BCUT2D eigenvalue weighted by Crippen LogP contribution is -2.14. The Labute approximate surface area is 159 Å². The number of amides is 1. The van der Waals surface area contributed by atoms with Crippen molar-refractivity contribution in [1.82, 2.24) is 19.7 Å². The van der Waals surface area contributed by atoms with Gasteiger partial charge in [-0.25, -0.2) is 9.37 Å². The molecule has 0 aliphatic carbocycles. The highest BCUT2D eigenvalue weighted by Gasteiger charge is 2.25. The second-order valence-electron chi connectivity index (χ2n) is 6.70. The lowest BCUT2D eigenvalue weighted by Gasteiger charge is -2.14. The van der Waals surface area contributed by atoms with E-state index in [1.165, 1.54) is 6.07 Å². The summed E-state index contributed by atoms with van der Waals surface area (Å²) < 4.78 is 16.1. The Balaban J connectivity index is 2.19. The van der Waals surface area contributed by atoms with Crippen LogP contribution >= 0.6 is 0 Å². The number of nitrogens with one attached hydrogen (secondary N) is 1. The molecule has 9 heteroatoms. The number of aliphatic hydroxyl groups is 1. The highest BCUT2D eigenvalue weighted by Crippen LogP contribution is 2.36. The molecule has 0 aliphatic heterocycles. The normalized spacial score (nSPS) is 11.6. The van der Waals surface area contributed by atoms with Crippen LogP contribution in [0.1, 0.15) is 27.2 Å². The Hall–Kier alpha value is -3.46. The van der Waals surface area contributed by atoms with Gasteiger partial charge in [-0.15, -0.1) is 0 Å². The number of rotatable bonds is 4. The molecule has 6 N–H and O–H groups in total. The first kappa shape index (κ1) is 17.9. The molecular weight excluding hydrogens is 363 g/mol. The molecule has 4 aromatic rings. The first-order chi connectivity index (χ1) is 13.3. The molecule has 3 heterocycles. The number of nitrogens with two attached hydrogens (primary N) is 2. The van der Waals surface area contributed by atoms with Gasteiger partial charge in [0.15, 0.2) is 0 Å². The van der Waals surface area contributed by atoms with Gasteiger partial charge in [0.2, 0.25) is 0 Å². The van der Waals surface area contributed by atoms with E-state index in [2.05, 4.69) is 15.2 Å². The summed E-state index contributed by atoms with van der Waals surface area (Å²) >= 11 is 0. The van der Waals surface area contributed by atoms with E-state index in [0.717, 1.165) is 5.56 Å². The van der Waals surface area contributed by atoms with E-state index >= 15 is 0 Å². The Bertz CT molecular complexity index is 1260. The quantitative estimate of drug-likeness (QED) is 0.427. The van der Waals surface area contributed by atoms with E-state index in [0.29, 0.717) is 45.3 Å². The number of anilines is 1. The van der Waals surface area contributed by atoms with E-state index in [1.807, 2.05) is 0 Å². The summed E-state index contributed by atoms with van der Waals surface area (Å²) in [5.41, 5.74) is 15.1. The van der Waals surface area contributed by atoms with Crippen LogP contribution in [0.4, 0.5) is 10.2 Å². The zero-order valence-electron chi connectivity index (χ0n) is 15.4. The fourth-order valence-corrected chi connectivity index (χ4v) is 3.64. The first-order valence-electron chi connectivity index (χ1n) is 8.68. The summed E-state index contributed by atoms with van der Waals surface area (Å²) in [4.78, 5) is 16.8. The van der Waals surface area contributed by atoms with Gasteiger partial charge in [-0.1, -0.05) is 0 Å². The summed E-state index contributed by atoms with van der Waals surface area (Å²) in [6, 6.07) is 3.11. The van der Waals surface area contributed by atoms with Crippen LogP contribution in [0.15, 0.2) is 18.3 Å². The third kappa shape index (κ3) is 2.43. The van der Waals surface area contributed by atoms with Gasteiger partial charge >= 0.3 is 0 Å². The predicted octanol–water partition coefficient (Wildman–Crippen LogP) is 1.87. The molecular formula is C19H19FN6O2. The summed E-state index contributed by atoms with van der Waals surface area (Å²) in [7, 11) is 0. The van der Waals surface area contributed by atoms with Crippen molar-refractivity contribution in [1.29, 1.82) is 0 Å². The second kappa shape index (κ2) is 6.31. The largest absolute Gasteiger partial charge is 0.396 e. The molecule has 28 heavy (non-hydrogen) atoms. The third-order valence-corrected chi connectivity index (χ3v) is 5.04. The van der Waals surface area contributed by atoms with Crippen LogP contribution < -0.4 is 11.5 Å². The SMILES string of the molecule is Cc1nc2c(cc1CCO)c(C(N)=O)c(N)n2-c1c(C)c(F)cc2[nH]ncc12. The molecule has 8 nitrogen and oxygen atoms in total. The van der Waals surface area contributed by atoms with Crippen molar-refractivity contribution in [2.24, 2.45) is 5.73 Å². The Kier molecular flexibility index (Phi) is 4.04. The number of fused-ring (bicyclic) bond motifs is 2. The minimum Gasteiger partial charge on any atom is -0.396 e. The van der Waals surface area contributed by atoms with Crippen LogP contribution in [-0.2, 0) is 6.42 Å². The highest BCUT2D eigenvalue weighted by atomic mass is 19.1. The molecule has 0 fully saturated rings. The number of primary amides is 1. The maximum absolute atomic E-state index is 14.6. The van der Waals surface area contributed by atoms with Gasteiger partial charge in [0, 0.05) is 28.6 Å². The maximum Gasteiger partial charge on any atom is 0.253 e. The number of aromatic nitrogens is 4. The van der Waals surface area contributed by atoms with Crippen LogP contribution in [0, 0.1) is 19.7 Å². The first-order valence-corrected chi connectivity index (χ1v) is 8.68. The van der Waals surface area contributed by atoms with Crippen molar-refractivity contribution in [2.75, 3.05) is 12.3 Å². The van der Waals surface area contributed by atoms with Crippen LogP contribution in [0.5, 0.6) is 0 Å². The molecule has 1 amide bonds. The standard InChI is InChI=1S/C19H19FN6O2/c1-8-13(20)6-14-12(7-23-25-14)16(8)26-17(21)15(18(22)28)11-5-10(3-4-27)9(2)24-19(11)26/h5-7,27H,3-4,21H2,1-2H3,(H2,22,28)(H,23,25). The van der Waals surface area contributed by atoms with Crippen molar-refractivity contribution in [2.45, 2.75) is 20.3 Å². The fraction of sp³-hybridized carbons (Fsp3) is 0.211. The van der Waals surface area contributed by atoms with Crippen molar-refractivity contribution in [3.05, 3.63) is 46.5 Å². The number of nitrogen functional groups attached to an aromatic ring is 1. The van der Waals surface area contributed by atoms with Crippen LogP contribution in [0.25, 0.3) is 27.6 Å². The number of hydrogen-bond donors (Lipinski definition) is 4. The van der Waals surface area contributed by atoms with E-state index in [-0.39, 0.29) is 18.0 Å². The molecule has 4 rings (SSSR count). The number of H-pyrrole nitrogens is 1. The molecule has 0 atom stereocenters. The molecule has 0 unspecified atom stereocenters. The Morgan fingerprint density at radius 2 is 2.07 bits per heavy atom. The molecule has 1 aromatic carbocycles. The second-order valence-corrected chi connectivity index (χ2v) is 6.70. The molecule has 0 saturated carbocycles. The van der Waals surface area contributed by atoms with Gasteiger partial charge in [0.25, 0.3) is 5.91 Å². The van der Waals surface area contributed by atoms with E-state index in [4.69, 9.17) is 11.5 Å². The van der Waals surface area contributed by atoms with Gasteiger partial charge in [0.1, 0.15) is 17.3 Å². The van der Waals surface area contributed by atoms with Crippen molar-refractivity contribution in [3.63, 3.8) is 0 Å². The number of halogens is 1. The maximum atomic E-state index is 14.6. The molecule has 0 radical (unpaired) electrons. The predicted molar refractivity (Wildman–Crippen MR) is 104 cm³/mol. The smallest absolute Gasteiger partial charge is 0.253 e. The fourth-order valence-electron chi connectivity index (χ4n) is 3.64. The van der Waals surface area contributed by atoms with Crippen LogP contribution in [0.2, 0.25) is 0 Å². The Morgan fingerprint density at radius 1 is 1.32 bits per heavy atom. The topological polar surface area (TPSA) is 136 Å². The summed E-state index contributed by atoms with van der Waals surface area (Å²) in [5.74, 6) is -1.08. The summed E-state index contributed by atoms with van der Waals surface area (Å²) in [6.45, 7) is 3.36. The minimum atomic E-state index is -0.709. The van der Waals surface area contributed by atoms with Gasteiger partial charge < -0.3 is 16.6 Å². The number of pyridine rings is 1. The van der Waals surface area contributed by atoms with Crippen LogP contribution in [-0.4, -0.2) is 37.4 Å². The molecule has 0 bridgehead atoms. The monoisotopic (exact) mass is 382 g/mol. The number of carbonyl (C=O) groups is 1. The number of carbonyl (C=O) groups excluding carboxylic acids is 1. The van der Waals surface area contributed by atoms with E-state index < -0.39 is 11.7 Å². The van der Waals surface area contributed by atoms with E-state index in [9.17, 15) is 14.3 Å². The Morgan fingerprint density at radius 3 is 2.75 bits per heavy atom. The molecule has 0 aliphatic rings. The summed E-state index contributed by atoms with van der Waals surface area (Å²) in [6.07, 6.45) is 1.95. The number of benzene rings is 1. The molecule has 0 spiro atoms. The van der Waals surface area contributed by atoms with Gasteiger partial charge in [-0.05, 0) is 38.0 Å². The zero-order chi connectivity index (χ0) is 20.2. The van der Waals surface area contributed by atoms with Crippen LogP contribution in [0.3, 0.4) is 0 Å². The number of hydrogen-bond acceptors (Lipinski definition) is 5. The summed E-state index contributed by atoms with van der Waals surface area (Å²) in [5, 5.41) is 17.1. The number of aryl methyl sites for hydroxylation is 1. The zero-order valence-corrected chi connectivity index (χ0v) is 15.4. The number of nitrogens with zero attached hydrogens (tertiary/aromatic N) is 3. The molecule has 3 aromatic heterocycles. The van der Waals surface area contributed by atoms with Crippen molar-refractivity contribution < 1.29 is 14.3 Å². The lowest BCUT2D eigenvalue weighted by molar-refractivity contribution is 0.100. The number of aromatic amines is 1. The third-order valence-electron chi connectivity index (χ3n) is 5.04. The van der Waals surface area contributed by atoms with Crippen molar-refractivity contribution >= 4 is 33.7 Å². The van der Waals surface area contributed by atoms with Gasteiger partial charge in [0.05, 0.1) is 23.0 Å². The lowest BCUT2D eigenvalue weighted by atomic mass is 10.1. The minimum absolute atomic E-state index is 0.0607. The average Bonchev–Trinajstić information content (AvgIpc) is 3.19. The average molecular weight is 382 g/mol. The van der Waals surface area contributed by atoms with E-state index in [1.54, 1.807) is 30.7 Å². The van der Waals surface area contributed by atoms with Crippen molar-refractivity contribution in [3.8, 4) is 5.69 Å². The number of aliphatic hydroxyl groups excluding tert-OH is 1.